The van der Waals surface area contributed by atoms with E-state index >= 15 is 0 Å². The zero-order valence-corrected chi connectivity index (χ0v) is 16.2. The Bertz CT molecular complexity index is 841. The van der Waals surface area contributed by atoms with Crippen LogP contribution in [0.1, 0.15) is 41.0 Å². The van der Waals surface area contributed by atoms with E-state index in [1.54, 1.807) is 29.9 Å². The second-order valence-electron chi connectivity index (χ2n) is 6.76. The smallest absolute Gasteiger partial charge is 0.458 e. The van der Waals surface area contributed by atoms with Gasteiger partial charge in [-0.2, -0.15) is 0 Å². The standard InChI is InChI=1S/C18H21BN2O5S/c1-10(2)16(18(23)25-7-13-8-27-9-20-13)21-17(22)14-5-4-12-6-26-19(24)15(12)11(14)3/h4-5,8-10,16,24H,6-7H2,1-3H3,(H,21,22). The molecule has 0 saturated carbocycles. The Morgan fingerprint density at radius 1 is 1.44 bits per heavy atom. The molecule has 0 aliphatic carbocycles. The lowest BCUT2D eigenvalue weighted by atomic mass is 9.75. The van der Waals surface area contributed by atoms with Gasteiger partial charge in [-0.15, -0.1) is 11.3 Å². The maximum absolute atomic E-state index is 12.8. The van der Waals surface area contributed by atoms with Gasteiger partial charge in [0, 0.05) is 10.9 Å². The van der Waals surface area contributed by atoms with Gasteiger partial charge in [-0.3, -0.25) is 4.79 Å². The predicted molar refractivity (Wildman–Crippen MR) is 102 cm³/mol. The maximum Gasteiger partial charge on any atom is 0.492 e. The van der Waals surface area contributed by atoms with E-state index in [2.05, 4.69) is 10.3 Å². The monoisotopic (exact) mass is 388 g/mol. The molecule has 142 valence electrons. The topological polar surface area (TPSA) is 97.8 Å². The summed E-state index contributed by atoms with van der Waals surface area (Å²) in [6.45, 7) is 5.82. The Morgan fingerprint density at radius 3 is 2.89 bits per heavy atom. The van der Waals surface area contributed by atoms with Crippen LogP contribution in [0.25, 0.3) is 0 Å². The van der Waals surface area contributed by atoms with Crippen LogP contribution in [0, 0.1) is 12.8 Å². The number of hydrogen-bond acceptors (Lipinski definition) is 7. The molecule has 1 atom stereocenters. The van der Waals surface area contributed by atoms with Gasteiger partial charge >= 0.3 is 13.1 Å². The lowest BCUT2D eigenvalue weighted by Gasteiger charge is -2.21. The van der Waals surface area contributed by atoms with Crippen molar-refractivity contribution in [3.8, 4) is 0 Å². The van der Waals surface area contributed by atoms with Crippen molar-refractivity contribution in [2.45, 2.75) is 40.0 Å². The molecule has 0 radical (unpaired) electrons. The Hall–Kier alpha value is -2.23. The number of ether oxygens (including phenoxy) is 1. The molecular formula is C18H21BN2O5S. The van der Waals surface area contributed by atoms with Crippen LogP contribution in [0.2, 0.25) is 0 Å². The number of amides is 1. The van der Waals surface area contributed by atoms with Crippen molar-refractivity contribution in [3.05, 3.63) is 45.4 Å². The Kier molecular flexibility index (Phi) is 5.93. The Morgan fingerprint density at radius 2 is 2.22 bits per heavy atom. The van der Waals surface area contributed by atoms with Gasteiger partial charge < -0.3 is 19.7 Å². The third-order valence-corrected chi connectivity index (χ3v) is 5.18. The molecule has 7 nitrogen and oxygen atoms in total. The van der Waals surface area contributed by atoms with Crippen LogP contribution >= 0.6 is 11.3 Å². The van der Waals surface area contributed by atoms with Crippen molar-refractivity contribution in [2.24, 2.45) is 5.92 Å². The number of nitrogens with zero attached hydrogens (tertiary/aromatic N) is 1. The molecule has 0 fully saturated rings. The van der Waals surface area contributed by atoms with E-state index < -0.39 is 25.0 Å². The molecule has 1 aromatic heterocycles. The molecule has 1 aliphatic heterocycles. The highest BCUT2D eigenvalue weighted by Crippen LogP contribution is 2.17. The number of carbonyl (C=O) groups is 2. The molecule has 2 aromatic rings. The number of fused-ring (bicyclic) bond motifs is 1. The zero-order chi connectivity index (χ0) is 19.6. The summed E-state index contributed by atoms with van der Waals surface area (Å²) in [5.74, 6) is -1.05. The first-order valence-corrected chi connectivity index (χ1v) is 9.59. The SMILES string of the molecule is Cc1c(C(=O)NC(C(=O)OCc2cscn2)C(C)C)ccc2c1B(O)OC2. The van der Waals surface area contributed by atoms with Crippen LogP contribution in [0.4, 0.5) is 0 Å². The molecule has 0 spiro atoms. The molecule has 3 rings (SSSR count). The number of carbonyl (C=O) groups excluding carboxylic acids is 2. The minimum Gasteiger partial charge on any atom is -0.458 e. The van der Waals surface area contributed by atoms with Gasteiger partial charge in [0.25, 0.3) is 5.91 Å². The van der Waals surface area contributed by atoms with Gasteiger partial charge in [-0.1, -0.05) is 19.9 Å². The second-order valence-corrected chi connectivity index (χ2v) is 7.48. The molecule has 2 N–H and O–H groups in total. The Balaban J connectivity index is 1.72. The molecule has 9 heteroatoms. The first-order valence-electron chi connectivity index (χ1n) is 8.65. The molecule has 1 amide bonds. The maximum atomic E-state index is 12.8. The Labute approximate surface area is 161 Å². The van der Waals surface area contributed by atoms with E-state index in [1.807, 2.05) is 13.8 Å². The minimum atomic E-state index is -1.03. The van der Waals surface area contributed by atoms with E-state index in [1.165, 1.54) is 11.3 Å². The number of esters is 1. The second kappa shape index (κ2) is 8.20. The van der Waals surface area contributed by atoms with E-state index in [9.17, 15) is 14.6 Å². The summed E-state index contributed by atoms with van der Waals surface area (Å²) < 4.78 is 10.5. The van der Waals surface area contributed by atoms with Gasteiger partial charge in [0.1, 0.15) is 12.6 Å². The van der Waals surface area contributed by atoms with E-state index in [4.69, 9.17) is 9.39 Å². The molecule has 2 heterocycles. The molecule has 1 aliphatic rings. The molecule has 1 unspecified atom stereocenters. The number of nitrogens with one attached hydrogen (secondary N) is 1. The lowest BCUT2D eigenvalue weighted by molar-refractivity contribution is -0.148. The number of hydrogen-bond donors (Lipinski definition) is 2. The summed E-state index contributed by atoms with van der Waals surface area (Å²) in [7, 11) is -1.03. The van der Waals surface area contributed by atoms with E-state index in [0.29, 0.717) is 28.9 Å². The lowest BCUT2D eigenvalue weighted by Crippen LogP contribution is -2.46. The van der Waals surface area contributed by atoms with Crippen LogP contribution in [0.3, 0.4) is 0 Å². The fourth-order valence-electron chi connectivity index (χ4n) is 3.01. The van der Waals surface area contributed by atoms with Gasteiger partial charge in [0.15, 0.2) is 0 Å². The number of thiazole rings is 1. The molecule has 0 bridgehead atoms. The highest BCUT2D eigenvalue weighted by Gasteiger charge is 2.32. The molecule has 0 saturated heterocycles. The number of aromatic nitrogens is 1. The molecule has 27 heavy (non-hydrogen) atoms. The average Bonchev–Trinajstić information content (AvgIpc) is 3.27. The summed E-state index contributed by atoms with van der Waals surface area (Å²) >= 11 is 1.42. The van der Waals surface area contributed by atoms with Crippen LogP contribution in [0.5, 0.6) is 0 Å². The highest BCUT2D eigenvalue weighted by molar-refractivity contribution is 7.07. The fraction of sp³-hybridized carbons (Fsp3) is 0.389. The normalized spacial score (nSPS) is 14.2. The summed E-state index contributed by atoms with van der Waals surface area (Å²) in [5.41, 5.74) is 4.87. The van der Waals surface area contributed by atoms with Crippen molar-refractivity contribution in [2.75, 3.05) is 0 Å². The largest absolute Gasteiger partial charge is 0.492 e. The minimum absolute atomic E-state index is 0.0722. The van der Waals surface area contributed by atoms with Crippen molar-refractivity contribution in [1.82, 2.24) is 10.3 Å². The van der Waals surface area contributed by atoms with Crippen LogP contribution < -0.4 is 10.8 Å². The van der Waals surface area contributed by atoms with Gasteiger partial charge in [0.05, 0.1) is 17.8 Å². The summed E-state index contributed by atoms with van der Waals surface area (Å²) in [6.07, 6.45) is 0. The molecular weight excluding hydrogens is 367 g/mol. The number of rotatable bonds is 6. The third-order valence-electron chi connectivity index (χ3n) is 4.55. The van der Waals surface area contributed by atoms with E-state index in [-0.39, 0.29) is 12.5 Å². The summed E-state index contributed by atoms with van der Waals surface area (Å²) in [6, 6.07) is 2.66. The summed E-state index contributed by atoms with van der Waals surface area (Å²) in [4.78, 5) is 29.3. The quantitative estimate of drug-likeness (QED) is 0.570. The van der Waals surface area contributed by atoms with Crippen molar-refractivity contribution in [3.63, 3.8) is 0 Å². The third kappa shape index (κ3) is 4.21. The van der Waals surface area contributed by atoms with Crippen molar-refractivity contribution < 1.29 is 24.0 Å². The van der Waals surface area contributed by atoms with Crippen molar-refractivity contribution in [1.29, 1.82) is 0 Å². The van der Waals surface area contributed by atoms with Gasteiger partial charge in [0.2, 0.25) is 0 Å². The first kappa shape index (κ1) is 19.5. The highest BCUT2D eigenvalue weighted by atomic mass is 32.1. The van der Waals surface area contributed by atoms with Crippen LogP contribution in [-0.4, -0.2) is 35.0 Å². The predicted octanol–water partition coefficient (Wildman–Crippen LogP) is 1.17. The van der Waals surface area contributed by atoms with Crippen LogP contribution in [-0.2, 0) is 27.4 Å². The first-order chi connectivity index (χ1) is 12.9. The summed E-state index contributed by atoms with van der Waals surface area (Å²) in [5, 5.41) is 14.5. The van der Waals surface area contributed by atoms with E-state index in [0.717, 1.165) is 5.56 Å². The molecule has 1 aromatic carbocycles. The number of benzene rings is 1. The zero-order valence-electron chi connectivity index (χ0n) is 15.4. The van der Waals surface area contributed by atoms with Crippen LogP contribution in [0.15, 0.2) is 23.0 Å². The average molecular weight is 388 g/mol. The van der Waals surface area contributed by atoms with Gasteiger partial charge in [-0.05, 0) is 35.5 Å². The fourth-order valence-corrected chi connectivity index (χ4v) is 3.56. The van der Waals surface area contributed by atoms with Crippen molar-refractivity contribution >= 4 is 35.8 Å². The van der Waals surface area contributed by atoms with Gasteiger partial charge in [-0.25, -0.2) is 9.78 Å².